The molecule has 0 aliphatic carbocycles. The van der Waals surface area contributed by atoms with Gasteiger partial charge in [-0.05, 0) is 50.6 Å². The molecular weight excluding hydrogens is 520 g/mol. The van der Waals surface area contributed by atoms with Gasteiger partial charge in [-0.2, -0.15) is 9.78 Å². The SMILES string of the molecule is CCCCc1nc2ccc(Br)cc2c(=O)n1N=Cc1ccc(O[C@H](C)C(=O)OCC)c([N+](=O)[O-])c1. The quantitative estimate of drug-likeness (QED) is 0.157. The topological polar surface area (TPSA) is 126 Å². The van der Waals surface area contributed by atoms with Gasteiger partial charge in [0.15, 0.2) is 11.9 Å². The summed E-state index contributed by atoms with van der Waals surface area (Å²) in [5, 5.41) is 16.3. The minimum absolute atomic E-state index is 0.0780. The first kappa shape index (κ1) is 26.0. The van der Waals surface area contributed by atoms with Gasteiger partial charge in [-0.3, -0.25) is 14.9 Å². The van der Waals surface area contributed by atoms with Gasteiger partial charge in [0.2, 0.25) is 0 Å². The molecule has 3 rings (SSSR count). The number of ether oxygens (including phenoxy) is 2. The Hall–Kier alpha value is -3.60. The maximum atomic E-state index is 13.2. The Bertz CT molecular complexity index is 1340. The molecule has 1 heterocycles. The van der Waals surface area contributed by atoms with Crippen molar-refractivity contribution in [3.05, 3.63) is 72.7 Å². The van der Waals surface area contributed by atoms with Crippen LogP contribution < -0.4 is 10.3 Å². The van der Waals surface area contributed by atoms with Gasteiger partial charge in [0.1, 0.15) is 5.82 Å². The Morgan fingerprint density at radius 3 is 2.74 bits per heavy atom. The first-order valence-electron chi connectivity index (χ1n) is 11.1. The summed E-state index contributed by atoms with van der Waals surface area (Å²) in [6.07, 6.45) is 2.62. The minimum Gasteiger partial charge on any atom is -0.472 e. The number of rotatable bonds is 10. The molecule has 0 radical (unpaired) electrons. The van der Waals surface area contributed by atoms with Gasteiger partial charge >= 0.3 is 11.7 Å². The van der Waals surface area contributed by atoms with Crippen molar-refractivity contribution in [2.45, 2.75) is 46.1 Å². The number of halogens is 1. The van der Waals surface area contributed by atoms with Crippen molar-refractivity contribution in [2.24, 2.45) is 5.10 Å². The highest BCUT2D eigenvalue weighted by Gasteiger charge is 2.22. The average molecular weight is 545 g/mol. The highest BCUT2D eigenvalue weighted by atomic mass is 79.9. The number of nitrogens with zero attached hydrogens (tertiary/aromatic N) is 4. The summed E-state index contributed by atoms with van der Waals surface area (Å²) in [5.74, 6) is -0.201. The third kappa shape index (κ3) is 6.30. The first-order valence-corrected chi connectivity index (χ1v) is 11.9. The molecule has 1 aromatic heterocycles. The van der Waals surface area contributed by atoms with Crippen molar-refractivity contribution < 1.29 is 19.2 Å². The summed E-state index contributed by atoms with van der Waals surface area (Å²) < 4.78 is 12.3. The Morgan fingerprint density at radius 1 is 1.29 bits per heavy atom. The molecule has 0 N–H and O–H groups in total. The highest BCUT2D eigenvalue weighted by Crippen LogP contribution is 2.28. The molecule has 0 aliphatic rings. The summed E-state index contributed by atoms with van der Waals surface area (Å²) in [5.41, 5.74) is 0.264. The number of aromatic nitrogens is 2. The molecule has 10 nitrogen and oxygen atoms in total. The van der Waals surface area contributed by atoms with E-state index >= 15 is 0 Å². The average Bonchev–Trinajstić information content (AvgIpc) is 2.83. The zero-order chi connectivity index (χ0) is 25.5. The van der Waals surface area contributed by atoms with Crippen molar-refractivity contribution in [1.29, 1.82) is 0 Å². The van der Waals surface area contributed by atoms with E-state index in [0.29, 0.717) is 28.7 Å². The zero-order valence-electron chi connectivity index (χ0n) is 19.6. The van der Waals surface area contributed by atoms with Gasteiger partial charge < -0.3 is 9.47 Å². The molecule has 3 aromatic rings. The van der Waals surface area contributed by atoms with Crippen LogP contribution in [0.3, 0.4) is 0 Å². The highest BCUT2D eigenvalue weighted by molar-refractivity contribution is 9.10. The maximum Gasteiger partial charge on any atom is 0.347 e. The third-order valence-electron chi connectivity index (χ3n) is 5.05. The summed E-state index contributed by atoms with van der Waals surface area (Å²) >= 11 is 3.37. The van der Waals surface area contributed by atoms with Crippen LogP contribution in [0.5, 0.6) is 5.75 Å². The molecule has 1 atom stereocenters. The number of benzene rings is 2. The van der Waals surface area contributed by atoms with E-state index in [9.17, 15) is 19.7 Å². The summed E-state index contributed by atoms with van der Waals surface area (Å²) in [7, 11) is 0. The monoisotopic (exact) mass is 544 g/mol. The number of nitro benzene ring substituents is 1. The predicted octanol–water partition coefficient (Wildman–Crippen LogP) is 4.62. The van der Waals surface area contributed by atoms with Crippen LogP contribution in [0.25, 0.3) is 10.9 Å². The van der Waals surface area contributed by atoms with E-state index in [1.807, 2.05) is 13.0 Å². The van der Waals surface area contributed by atoms with Gasteiger partial charge in [-0.25, -0.2) is 9.78 Å². The number of nitro groups is 1. The van der Waals surface area contributed by atoms with Crippen LogP contribution in [0.4, 0.5) is 5.69 Å². The lowest BCUT2D eigenvalue weighted by Gasteiger charge is -2.13. The second kappa shape index (κ2) is 11.7. The van der Waals surface area contributed by atoms with Crippen LogP contribution >= 0.6 is 15.9 Å². The van der Waals surface area contributed by atoms with Gasteiger partial charge in [0.05, 0.1) is 28.6 Å². The van der Waals surface area contributed by atoms with Crippen molar-refractivity contribution in [1.82, 2.24) is 9.66 Å². The van der Waals surface area contributed by atoms with Crippen molar-refractivity contribution in [3.8, 4) is 5.75 Å². The van der Waals surface area contributed by atoms with Gasteiger partial charge in [-0.15, -0.1) is 0 Å². The minimum atomic E-state index is -1.02. The number of aryl methyl sites for hydroxylation is 1. The van der Waals surface area contributed by atoms with Crippen molar-refractivity contribution in [3.63, 3.8) is 0 Å². The number of carbonyl (C=O) groups excluding carboxylic acids is 1. The summed E-state index contributed by atoms with van der Waals surface area (Å²) in [4.78, 5) is 40.6. The van der Waals surface area contributed by atoms with E-state index in [1.165, 1.54) is 29.9 Å². The maximum absolute atomic E-state index is 13.2. The molecule has 35 heavy (non-hydrogen) atoms. The van der Waals surface area contributed by atoms with Crippen LogP contribution in [-0.2, 0) is 16.0 Å². The predicted molar refractivity (Wildman–Crippen MR) is 135 cm³/mol. The number of fused-ring (bicyclic) bond motifs is 1. The Kier molecular flexibility index (Phi) is 8.69. The summed E-state index contributed by atoms with van der Waals surface area (Å²) in [6, 6.07) is 9.46. The lowest BCUT2D eigenvalue weighted by molar-refractivity contribution is -0.386. The zero-order valence-corrected chi connectivity index (χ0v) is 21.1. The van der Waals surface area contributed by atoms with Crippen LogP contribution in [0.2, 0.25) is 0 Å². The molecular formula is C24H25BrN4O6. The van der Waals surface area contributed by atoms with Crippen molar-refractivity contribution >= 4 is 44.7 Å². The molecule has 0 unspecified atom stereocenters. The standard InChI is InChI=1S/C24H25BrN4O6/c1-4-6-7-22-27-19-10-9-17(25)13-18(19)23(30)28(22)26-14-16-8-11-21(20(12-16)29(32)33)35-15(3)24(31)34-5-2/h8-15H,4-7H2,1-3H3/t15-/m1/s1. The molecule has 0 bridgehead atoms. The van der Waals surface area contributed by atoms with Crippen LogP contribution in [0.15, 0.2) is 50.8 Å². The fourth-order valence-electron chi connectivity index (χ4n) is 3.29. The van der Waals surface area contributed by atoms with E-state index < -0.39 is 17.0 Å². The number of unbranched alkanes of at least 4 members (excludes halogenated alkanes) is 1. The Balaban J connectivity index is 1.99. The number of hydrogen-bond acceptors (Lipinski definition) is 8. The Morgan fingerprint density at radius 2 is 2.06 bits per heavy atom. The molecule has 2 aromatic carbocycles. The van der Waals surface area contributed by atoms with E-state index in [-0.39, 0.29) is 23.6 Å². The first-order chi connectivity index (χ1) is 16.7. The van der Waals surface area contributed by atoms with Gasteiger partial charge in [0, 0.05) is 22.5 Å². The number of carbonyl (C=O) groups is 1. The van der Waals surface area contributed by atoms with E-state index in [1.54, 1.807) is 25.1 Å². The third-order valence-corrected chi connectivity index (χ3v) is 5.55. The number of esters is 1. The second-order valence-corrected chi connectivity index (χ2v) is 8.57. The second-order valence-electron chi connectivity index (χ2n) is 7.65. The van der Waals surface area contributed by atoms with E-state index in [4.69, 9.17) is 9.47 Å². The number of hydrogen-bond donors (Lipinski definition) is 0. The van der Waals surface area contributed by atoms with Gasteiger partial charge in [0.25, 0.3) is 5.56 Å². The molecule has 0 spiro atoms. The lowest BCUT2D eigenvalue weighted by atomic mass is 10.2. The molecule has 0 saturated carbocycles. The summed E-state index contributed by atoms with van der Waals surface area (Å²) in [6.45, 7) is 5.32. The van der Waals surface area contributed by atoms with Crippen LogP contribution in [0, 0.1) is 10.1 Å². The molecule has 0 amide bonds. The molecule has 0 fully saturated rings. The normalized spacial score (nSPS) is 12.1. The van der Waals surface area contributed by atoms with E-state index in [0.717, 1.165) is 17.3 Å². The Labute approximate surface area is 209 Å². The molecule has 0 aliphatic heterocycles. The van der Waals surface area contributed by atoms with Crippen molar-refractivity contribution in [2.75, 3.05) is 6.61 Å². The smallest absolute Gasteiger partial charge is 0.347 e. The largest absolute Gasteiger partial charge is 0.472 e. The van der Waals surface area contributed by atoms with Crippen LogP contribution in [0.1, 0.15) is 45.0 Å². The lowest BCUT2D eigenvalue weighted by Crippen LogP contribution is -2.26. The van der Waals surface area contributed by atoms with E-state index in [2.05, 4.69) is 26.0 Å². The van der Waals surface area contributed by atoms with Gasteiger partial charge in [-0.1, -0.05) is 29.3 Å². The fourth-order valence-corrected chi connectivity index (χ4v) is 3.65. The molecule has 184 valence electrons. The molecule has 0 saturated heterocycles. The molecule has 11 heteroatoms. The van der Waals surface area contributed by atoms with Crippen LogP contribution in [-0.4, -0.2) is 39.5 Å². The fraction of sp³-hybridized carbons (Fsp3) is 0.333.